The number of aromatic carboxylic acids is 1. The van der Waals surface area contributed by atoms with Gasteiger partial charge in [-0.05, 0) is 35.0 Å². The molecule has 0 aliphatic rings. The second-order valence-electron chi connectivity index (χ2n) is 3.16. The first-order valence-corrected chi connectivity index (χ1v) is 6.34. The number of carboxylic acid groups (broad SMARTS) is 1. The number of hydrogen-bond acceptors (Lipinski definition) is 3. The lowest BCUT2D eigenvalue weighted by Crippen LogP contribution is -2.07. The van der Waals surface area contributed by atoms with Crippen LogP contribution in [0, 0.1) is 0 Å². The van der Waals surface area contributed by atoms with Gasteiger partial charge in [0.2, 0.25) is 0 Å². The Balaban J connectivity index is 2.47. The molecule has 0 bridgehead atoms. The zero-order valence-electron chi connectivity index (χ0n) is 8.48. The van der Waals surface area contributed by atoms with E-state index in [1.807, 2.05) is 18.4 Å². The van der Waals surface area contributed by atoms with E-state index in [4.69, 9.17) is 5.11 Å². The largest absolute Gasteiger partial charge is 0.477 e. The highest BCUT2D eigenvalue weighted by molar-refractivity contribution is 9.10. The van der Waals surface area contributed by atoms with Gasteiger partial charge in [0.1, 0.15) is 11.4 Å². The lowest BCUT2D eigenvalue weighted by Gasteiger charge is -1.97. The second-order valence-corrected chi connectivity index (χ2v) is 4.99. The fourth-order valence-corrected chi connectivity index (χ4v) is 2.78. The minimum Gasteiger partial charge on any atom is -0.477 e. The third kappa shape index (κ3) is 2.03. The predicted octanol–water partition coefficient (Wildman–Crippen LogP) is 3.09. The summed E-state index contributed by atoms with van der Waals surface area (Å²) in [6.07, 6.45) is 0. The number of hydrogen-bond donors (Lipinski definition) is 1. The maximum atomic E-state index is 11.0. The van der Waals surface area contributed by atoms with Gasteiger partial charge < -0.3 is 5.11 Å². The summed E-state index contributed by atoms with van der Waals surface area (Å²) in [5.74, 6) is -0.948. The van der Waals surface area contributed by atoms with E-state index >= 15 is 0 Å². The molecule has 0 fully saturated rings. The SMILES string of the molecule is CCn1nc(-c2cc(Br)cs2)cc1C(=O)O. The highest BCUT2D eigenvalue weighted by atomic mass is 79.9. The number of carboxylic acids is 1. The van der Waals surface area contributed by atoms with E-state index in [1.54, 1.807) is 6.07 Å². The Bertz CT molecular complexity index is 533. The monoisotopic (exact) mass is 300 g/mol. The number of rotatable bonds is 3. The van der Waals surface area contributed by atoms with Gasteiger partial charge >= 0.3 is 5.97 Å². The zero-order chi connectivity index (χ0) is 11.7. The highest BCUT2D eigenvalue weighted by Gasteiger charge is 2.14. The van der Waals surface area contributed by atoms with Crippen molar-refractivity contribution in [2.75, 3.05) is 0 Å². The third-order valence-corrected chi connectivity index (χ3v) is 3.83. The minimum absolute atomic E-state index is 0.224. The van der Waals surface area contributed by atoms with Gasteiger partial charge in [0.05, 0.1) is 4.88 Å². The number of halogens is 1. The normalized spacial score (nSPS) is 10.6. The van der Waals surface area contributed by atoms with Crippen molar-refractivity contribution >= 4 is 33.2 Å². The zero-order valence-corrected chi connectivity index (χ0v) is 10.9. The lowest BCUT2D eigenvalue weighted by molar-refractivity contribution is 0.0683. The van der Waals surface area contributed by atoms with Crippen LogP contribution in [0.25, 0.3) is 10.6 Å². The Hall–Kier alpha value is -1.14. The van der Waals surface area contributed by atoms with Gasteiger partial charge in [-0.25, -0.2) is 4.79 Å². The number of nitrogens with zero attached hydrogens (tertiary/aromatic N) is 2. The van der Waals surface area contributed by atoms with Gasteiger partial charge in [-0.1, -0.05) is 0 Å². The van der Waals surface area contributed by atoms with Crippen LogP contribution in [0.5, 0.6) is 0 Å². The van der Waals surface area contributed by atoms with Crippen LogP contribution in [0.4, 0.5) is 0 Å². The topological polar surface area (TPSA) is 55.1 Å². The van der Waals surface area contributed by atoms with Crippen molar-refractivity contribution in [3.8, 4) is 10.6 Å². The van der Waals surface area contributed by atoms with Crippen LogP contribution < -0.4 is 0 Å². The summed E-state index contributed by atoms with van der Waals surface area (Å²) in [5, 5.41) is 15.2. The molecule has 0 spiro atoms. The summed E-state index contributed by atoms with van der Waals surface area (Å²) in [6.45, 7) is 2.42. The lowest BCUT2D eigenvalue weighted by atomic mass is 10.3. The summed E-state index contributed by atoms with van der Waals surface area (Å²) >= 11 is 4.89. The van der Waals surface area contributed by atoms with Crippen molar-refractivity contribution in [1.82, 2.24) is 9.78 Å². The fraction of sp³-hybridized carbons (Fsp3) is 0.200. The summed E-state index contributed by atoms with van der Waals surface area (Å²) in [6, 6.07) is 3.53. The Labute approximate surface area is 105 Å². The van der Waals surface area contributed by atoms with Gasteiger partial charge in [0.25, 0.3) is 0 Å². The van der Waals surface area contributed by atoms with Crippen LogP contribution in [-0.4, -0.2) is 20.9 Å². The number of carbonyl (C=O) groups is 1. The standard InChI is InChI=1S/C10H9BrN2O2S/c1-2-13-8(10(14)15)4-7(12-13)9-3-6(11)5-16-9/h3-5H,2H2,1H3,(H,14,15). The first kappa shape index (κ1) is 11.3. The second kappa shape index (κ2) is 4.39. The highest BCUT2D eigenvalue weighted by Crippen LogP contribution is 2.29. The molecule has 0 atom stereocenters. The van der Waals surface area contributed by atoms with Crippen LogP contribution in [0.15, 0.2) is 22.0 Å². The first-order valence-electron chi connectivity index (χ1n) is 4.67. The molecule has 0 saturated carbocycles. The molecule has 0 radical (unpaired) electrons. The molecule has 1 N–H and O–H groups in total. The van der Waals surface area contributed by atoms with Crippen molar-refractivity contribution in [2.45, 2.75) is 13.5 Å². The van der Waals surface area contributed by atoms with Crippen LogP contribution in [-0.2, 0) is 6.54 Å². The Morgan fingerprint density at radius 3 is 2.81 bits per heavy atom. The van der Waals surface area contributed by atoms with Gasteiger partial charge in [-0.3, -0.25) is 4.68 Å². The third-order valence-electron chi connectivity index (χ3n) is 2.12. The minimum atomic E-state index is -0.948. The van der Waals surface area contributed by atoms with Crippen molar-refractivity contribution in [1.29, 1.82) is 0 Å². The molecule has 0 amide bonds. The molecule has 84 valence electrons. The molecule has 0 aromatic carbocycles. The molecule has 0 unspecified atom stereocenters. The van der Waals surface area contributed by atoms with Gasteiger partial charge in [0.15, 0.2) is 0 Å². The number of thiophene rings is 1. The van der Waals surface area contributed by atoms with Gasteiger partial charge in [-0.2, -0.15) is 5.10 Å². The van der Waals surface area contributed by atoms with E-state index in [9.17, 15) is 4.79 Å². The molecule has 2 aromatic rings. The van der Waals surface area contributed by atoms with Crippen molar-refractivity contribution < 1.29 is 9.90 Å². The summed E-state index contributed by atoms with van der Waals surface area (Å²) in [4.78, 5) is 11.9. The quantitative estimate of drug-likeness (QED) is 0.947. The van der Waals surface area contributed by atoms with E-state index < -0.39 is 5.97 Å². The molecule has 0 saturated heterocycles. The average molecular weight is 301 g/mol. The van der Waals surface area contributed by atoms with E-state index in [-0.39, 0.29) is 5.69 Å². The van der Waals surface area contributed by atoms with E-state index in [1.165, 1.54) is 16.0 Å². The summed E-state index contributed by atoms with van der Waals surface area (Å²) in [7, 11) is 0. The smallest absolute Gasteiger partial charge is 0.354 e. The molecule has 0 aliphatic heterocycles. The van der Waals surface area contributed by atoms with Crippen molar-refractivity contribution in [2.24, 2.45) is 0 Å². The number of aromatic nitrogens is 2. The molecule has 2 rings (SSSR count). The molecular formula is C10H9BrN2O2S. The molecular weight excluding hydrogens is 292 g/mol. The van der Waals surface area contributed by atoms with Gasteiger partial charge in [0, 0.05) is 16.4 Å². The Kier molecular flexibility index (Phi) is 3.11. The maximum absolute atomic E-state index is 11.0. The van der Waals surface area contributed by atoms with Gasteiger partial charge in [-0.15, -0.1) is 11.3 Å². The Morgan fingerprint density at radius 1 is 1.62 bits per heavy atom. The predicted molar refractivity (Wildman–Crippen MR) is 65.9 cm³/mol. The fourth-order valence-electron chi connectivity index (χ4n) is 1.40. The van der Waals surface area contributed by atoms with Crippen LogP contribution >= 0.6 is 27.3 Å². The van der Waals surface area contributed by atoms with E-state index in [2.05, 4.69) is 21.0 Å². The Morgan fingerprint density at radius 2 is 2.38 bits per heavy atom. The molecule has 2 heterocycles. The number of aryl methyl sites for hydroxylation is 1. The first-order chi connectivity index (χ1) is 7.61. The molecule has 4 nitrogen and oxygen atoms in total. The summed E-state index contributed by atoms with van der Waals surface area (Å²) in [5.41, 5.74) is 0.928. The molecule has 2 aromatic heterocycles. The van der Waals surface area contributed by atoms with Crippen molar-refractivity contribution in [3.05, 3.63) is 27.7 Å². The average Bonchev–Trinajstić information content (AvgIpc) is 2.82. The van der Waals surface area contributed by atoms with Crippen LogP contribution in [0.2, 0.25) is 0 Å². The van der Waals surface area contributed by atoms with E-state index in [0.717, 1.165) is 9.35 Å². The van der Waals surface area contributed by atoms with Crippen LogP contribution in [0.1, 0.15) is 17.4 Å². The van der Waals surface area contributed by atoms with Crippen LogP contribution in [0.3, 0.4) is 0 Å². The maximum Gasteiger partial charge on any atom is 0.354 e. The van der Waals surface area contributed by atoms with Crippen molar-refractivity contribution in [3.63, 3.8) is 0 Å². The summed E-state index contributed by atoms with van der Waals surface area (Å²) < 4.78 is 2.47. The van der Waals surface area contributed by atoms with E-state index in [0.29, 0.717) is 12.2 Å². The molecule has 0 aliphatic carbocycles. The molecule has 6 heteroatoms. The molecule has 16 heavy (non-hydrogen) atoms.